The molecule has 0 spiro atoms. The number of carbonyl (C=O) groups is 3. The van der Waals surface area contributed by atoms with Gasteiger partial charge in [0.25, 0.3) is 0 Å². The van der Waals surface area contributed by atoms with Crippen molar-refractivity contribution < 1.29 is 28.6 Å². The van der Waals surface area contributed by atoms with E-state index in [1.54, 1.807) is 6.08 Å². The Labute approximate surface area is 375 Å². The third-order valence-electron chi connectivity index (χ3n) is 10.1. The summed E-state index contributed by atoms with van der Waals surface area (Å²) in [4.78, 5) is 37.8. The highest BCUT2D eigenvalue weighted by Crippen LogP contribution is 2.14. The molecule has 0 heterocycles. The second-order valence-electron chi connectivity index (χ2n) is 16.0. The zero-order valence-corrected chi connectivity index (χ0v) is 39.4. The fourth-order valence-corrected chi connectivity index (χ4v) is 6.47. The molecule has 0 aliphatic carbocycles. The molecule has 6 heteroatoms. The van der Waals surface area contributed by atoms with E-state index in [4.69, 9.17) is 14.2 Å². The van der Waals surface area contributed by atoms with Gasteiger partial charge in [0.2, 0.25) is 0 Å². The number of allylic oxidation sites excluding steroid dienone is 15. The summed E-state index contributed by atoms with van der Waals surface area (Å²) in [5.41, 5.74) is 0. The van der Waals surface area contributed by atoms with Crippen molar-refractivity contribution in [2.24, 2.45) is 0 Å². The van der Waals surface area contributed by atoms with Crippen LogP contribution in [0.5, 0.6) is 0 Å². The lowest BCUT2D eigenvalue weighted by Gasteiger charge is -2.18. The Morgan fingerprint density at radius 3 is 1.15 bits per heavy atom. The number of unbranched alkanes of at least 4 members (excludes halogenated alkanes) is 17. The van der Waals surface area contributed by atoms with Crippen LogP contribution in [0.2, 0.25) is 0 Å². The van der Waals surface area contributed by atoms with Gasteiger partial charge >= 0.3 is 17.9 Å². The van der Waals surface area contributed by atoms with E-state index in [2.05, 4.69) is 106 Å². The smallest absolute Gasteiger partial charge is 0.309 e. The molecule has 0 aromatic carbocycles. The molecule has 0 aliphatic rings. The molecule has 0 bridgehead atoms. The van der Waals surface area contributed by atoms with Gasteiger partial charge in [-0.05, 0) is 77.0 Å². The predicted octanol–water partition coefficient (Wildman–Crippen LogP) is 16.2. The van der Waals surface area contributed by atoms with Crippen LogP contribution >= 0.6 is 0 Å². The van der Waals surface area contributed by atoms with Gasteiger partial charge in [-0.2, -0.15) is 0 Å². The van der Waals surface area contributed by atoms with Crippen LogP contribution in [0.15, 0.2) is 97.2 Å². The van der Waals surface area contributed by atoms with Crippen molar-refractivity contribution in [3.8, 4) is 0 Å². The van der Waals surface area contributed by atoms with Crippen molar-refractivity contribution in [2.75, 3.05) is 13.2 Å². The van der Waals surface area contributed by atoms with Crippen molar-refractivity contribution in [3.63, 3.8) is 0 Å². The van der Waals surface area contributed by atoms with Crippen molar-refractivity contribution in [1.82, 2.24) is 0 Å². The van der Waals surface area contributed by atoms with Crippen LogP contribution in [-0.4, -0.2) is 37.2 Å². The highest BCUT2D eigenvalue weighted by atomic mass is 16.6. The Bertz CT molecular complexity index is 1250. The Morgan fingerprint density at radius 1 is 0.361 bits per heavy atom. The number of esters is 3. The summed E-state index contributed by atoms with van der Waals surface area (Å²) >= 11 is 0. The van der Waals surface area contributed by atoms with E-state index in [1.165, 1.54) is 64.2 Å². The summed E-state index contributed by atoms with van der Waals surface area (Å²) in [6, 6.07) is 0. The van der Waals surface area contributed by atoms with Gasteiger partial charge in [-0.3, -0.25) is 14.4 Å². The standard InChI is InChI=1S/C55H90O6/c1-4-7-10-13-16-19-22-25-27-30-33-36-39-42-45-48-54(57)60-51-52(50-59-53(56)47-44-41-38-35-32-29-24-21-18-15-12-9-6-3)61-55(58)49-46-43-40-37-34-31-28-26-23-20-17-14-11-8-5-2/h7-8,10-11,16-17,19-20,25-28,33,36,42,45,52H,4-6,9,12-15,18,21-24,29-32,34-35,37-41,43-44,46-51H2,1-3H3/b10-7-,11-8-,19-16-,20-17-,27-25-,28-26-,36-33-,45-42-. The second kappa shape index (κ2) is 49.0. The van der Waals surface area contributed by atoms with Gasteiger partial charge < -0.3 is 14.2 Å². The fourth-order valence-electron chi connectivity index (χ4n) is 6.47. The molecule has 0 rings (SSSR count). The molecule has 0 saturated heterocycles. The molecule has 0 amide bonds. The van der Waals surface area contributed by atoms with Gasteiger partial charge in [-0.15, -0.1) is 0 Å². The summed E-state index contributed by atoms with van der Waals surface area (Å²) in [6.07, 6.45) is 64.1. The van der Waals surface area contributed by atoms with Crippen molar-refractivity contribution >= 4 is 17.9 Å². The van der Waals surface area contributed by atoms with Crippen LogP contribution in [0.3, 0.4) is 0 Å². The van der Waals surface area contributed by atoms with Crippen molar-refractivity contribution in [2.45, 2.75) is 219 Å². The van der Waals surface area contributed by atoms with Crippen LogP contribution in [0.25, 0.3) is 0 Å². The Balaban J connectivity index is 4.54. The van der Waals surface area contributed by atoms with E-state index in [0.29, 0.717) is 6.42 Å². The van der Waals surface area contributed by atoms with E-state index in [1.807, 2.05) is 6.08 Å². The molecule has 0 saturated carbocycles. The normalized spacial score (nSPS) is 12.9. The summed E-state index contributed by atoms with van der Waals surface area (Å²) in [5.74, 6) is -1.07. The number of hydrogen-bond acceptors (Lipinski definition) is 6. The lowest BCUT2D eigenvalue weighted by atomic mass is 10.0. The number of hydrogen-bond donors (Lipinski definition) is 0. The SMILES string of the molecule is CC/C=C\C/C=C\C/C=C\C/C=C\C/C=C\CC(=O)OCC(COC(=O)CCCCCCCCCCCCCCC)OC(=O)CCCCCCC/C=C\C/C=C\C/C=C\CC. The fraction of sp³-hybridized carbons (Fsp3) is 0.655. The topological polar surface area (TPSA) is 78.9 Å². The van der Waals surface area contributed by atoms with Gasteiger partial charge in [0.1, 0.15) is 13.2 Å². The van der Waals surface area contributed by atoms with E-state index in [-0.39, 0.29) is 38.0 Å². The van der Waals surface area contributed by atoms with Crippen LogP contribution in [0, 0.1) is 0 Å². The molecule has 0 radical (unpaired) electrons. The second-order valence-corrected chi connectivity index (χ2v) is 16.0. The average Bonchev–Trinajstić information content (AvgIpc) is 3.26. The van der Waals surface area contributed by atoms with Gasteiger partial charge in [-0.1, -0.05) is 214 Å². The van der Waals surface area contributed by atoms with Gasteiger partial charge in [-0.25, -0.2) is 0 Å². The van der Waals surface area contributed by atoms with Gasteiger partial charge in [0.05, 0.1) is 6.42 Å². The zero-order chi connectivity index (χ0) is 44.4. The van der Waals surface area contributed by atoms with E-state index in [9.17, 15) is 14.4 Å². The van der Waals surface area contributed by atoms with Gasteiger partial charge in [0.15, 0.2) is 6.10 Å². The summed E-state index contributed by atoms with van der Waals surface area (Å²) < 4.78 is 16.7. The van der Waals surface area contributed by atoms with E-state index < -0.39 is 12.1 Å². The largest absolute Gasteiger partial charge is 0.462 e. The number of carbonyl (C=O) groups excluding carboxylic acids is 3. The Hall–Kier alpha value is -3.67. The molecule has 0 aliphatic heterocycles. The Kier molecular flexibility index (Phi) is 46.0. The molecule has 1 atom stereocenters. The molecule has 6 nitrogen and oxygen atoms in total. The molecule has 0 N–H and O–H groups in total. The third kappa shape index (κ3) is 47.2. The summed E-state index contributed by atoms with van der Waals surface area (Å²) in [5, 5.41) is 0. The zero-order valence-electron chi connectivity index (χ0n) is 39.4. The maximum absolute atomic E-state index is 12.8. The van der Waals surface area contributed by atoms with E-state index >= 15 is 0 Å². The van der Waals surface area contributed by atoms with Crippen molar-refractivity contribution in [3.05, 3.63) is 97.2 Å². The molecular formula is C55H90O6. The first-order chi connectivity index (χ1) is 30.0. The average molecular weight is 847 g/mol. The predicted molar refractivity (Wildman–Crippen MR) is 260 cm³/mol. The lowest BCUT2D eigenvalue weighted by Crippen LogP contribution is -2.30. The summed E-state index contributed by atoms with van der Waals surface area (Å²) in [7, 11) is 0. The maximum atomic E-state index is 12.8. The molecule has 0 aromatic rings. The van der Waals surface area contributed by atoms with Crippen LogP contribution < -0.4 is 0 Å². The lowest BCUT2D eigenvalue weighted by molar-refractivity contribution is -0.166. The summed E-state index contributed by atoms with van der Waals surface area (Å²) in [6.45, 7) is 6.29. The molecule has 61 heavy (non-hydrogen) atoms. The van der Waals surface area contributed by atoms with Gasteiger partial charge in [0, 0.05) is 12.8 Å². The van der Waals surface area contributed by atoms with Crippen LogP contribution in [0.1, 0.15) is 213 Å². The monoisotopic (exact) mass is 847 g/mol. The minimum atomic E-state index is -0.824. The molecular weight excluding hydrogens is 757 g/mol. The van der Waals surface area contributed by atoms with Crippen LogP contribution in [0.4, 0.5) is 0 Å². The quantitative estimate of drug-likeness (QED) is 0.0263. The molecule has 346 valence electrons. The maximum Gasteiger partial charge on any atom is 0.309 e. The highest BCUT2D eigenvalue weighted by molar-refractivity contribution is 5.72. The van der Waals surface area contributed by atoms with Crippen molar-refractivity contribution in [1.29, 1.82) is 0 Å². The molecule has 0 fully saturated rings. The third-order valence-corrected chi connectivity index (χ3v) is 10.1. The molecule has 1 unspecified atom stereocenters. The Morgan fingerprint density at radius 2 is 0.705 bits per heavy atom. The first kappa shape index (κ1) is 57.3. The minimum absolute atomic E-state index is 0.114. The minimum Gasteiger partial charge on any atom is -0.462 e. The number of rotatable bonds is 43. The highest BCUT2D eigenvalue weighted by Gasteiger charge is 2.19. The van der Waals surface area contributed by atoms with E-state index in [0.717, 1.165) is 109 Å². The molecule has 0 aromatic heterocycles. The van der Waals surface area contributed by atoms with Crippen LogP contribution in [-0.2, 0) is 28.6 Å². The number of ether oxygens (including phenoxy) is 3. The first-order valence-corrected chi connectivity index (χ1v) is 24.7. The first-order valence-electron chi connectivity index (χ1n) is 24.7.